The second-order valence-corrected chi connectivity index (χ2v) is 3.77. The van der Waals surface area contributed by atoms with Gasteiger partial charge in [-0.15, -0.1) is 11.8 Å². The van der Waals surface area contributed by atoms with E-state index in [4.69, 9.17) is 5.26 Å². The molecule has 1 unspecified atom stereocenters. The molecule has 0 saturated carbocycles. The Labute approximate surface area is 87.1 Å². The number of hydrogen-bond donors (Lipinski definition) is 1. The van der Waals surface area contributed by atoms with Gasteiger partial charge in [-0.05, 0) is 19.2 Å². The highest BCUT2D eigenvalue weighted by atomic mass is 32.2. The topological polar surface area (TPSA) is 35.8 Å². The zero-order valence-corrected chi connectivity index (χ0v) is 8.64. The molecule has 0 spiro atoms. The summed E-state index contributed by atoms with van der Waals surface area (Å²) in [7, 11) is 1.72. The number of halogens is 1. The lowest BCUT2D eigenvalue weighted by Crippen LogP contribution is -2.25. The molecule has 1 aromatic rings. The van der Waals surface area contributed by atoms with Gasteiger partial charge in [0.25, 0.3) is 0 Å². The molecule has 0 saturated heterocycles. The Balaban J connectivity index is 2.54. The summed E-state index contributed by atoms with van der Waals surface area (Å²) in [6.07, 6.45) is 0. The van der Waals surface area contributed by atoms with Gasteiger partial charge in [-0.1, -0.05) is 12.1 Å². The quantitative estimate of drug-likeness (QED) is 0.772. The fourth-order valence-corrected chi connectivity index (χ4v) is 1.89. The first-order valence-corrected chi connectivity index (χ1v) is 5.20. The van der Waals surface area contributed by atoms with Crippen LogP contribution < -0.4 is 5.32 Å². The maximum atomic E-state index is 13.1. The fraction of sp³-hybridized carbons (Fsp3) is 0.300. The van der Waals surface area contributed by atoms with E-state index in [2.05, 4.69) is 11.4 Å². The molecule has 0 aromatic heterocycles. The number of hydrogen-bond acceptors (Lipinski definition) is 3. The van der Waals surface area contributed by atoms with Gasteiger partial charge in [0.15, 0.2) is 0 Å². The van der Waals surface area contributed by atoms with Crippen LogP contribution in [-0.2, 0) is 0 Å². The Hall–Kier alpha value is -1.05. The van der Waals surface area contributed by atoms with E-state index in [-0.39, 0.29) is 11.9 Å². The van der Waals surface area contributed by atoms with Crippen LogP contribution in [0.3, 0.4) is 0 Å². The molecule has 1 rings (SSSR count). The number of nitrogens with zero attached hydrogens (tertiary/aromatic N) is 1. The highest BCUT2D eigenvalue weighted by Gasteiger charge is 2.06. The zero-order valence-electron chi connectivity index (χ0n) is 7.83. The Morgan fingerprint density at radius 2 is 2.29 bits per heavy atom. The monoisotopic (exact) mass is 210 g/mol. The number of benzene rings is 1. The number of nitriles is 1. The number of nitrogens with one attached hydrogen (secondary N) is 1. The van der Waals surface area contributed by atoms with Crippen LogP contribution in [0.15, 0.2) is 29.2 Å². The molecule has 1 atom stereocenters. The van der Waals surface area contributed by atoms with E-state index < -0.39 is 0 Å². The van der Waals surface area contributed by atoms with Crippen molar-refractivity contribution < 1.29 is 4.39 Å². The molecule has 2 nitrogen and oxygen atoms in total. The van der Waals surface area contributed by atoms with Crippen molar-refractivity contribution in [3.8, 4) is 6.07 Å². The van der Waals surface area contributed by atoms with Crippen LogP contribution in [0.1, 0.15) is 0 Å². The Morgan fingerprint density at radius 1 is 1.57 bits per heavy atom. The highest BCUT2D eigenvalue weighted by molar-refractivity contribution is 7.99. The average Bonchev–Trinajstić information content (AvgIpc) is 2.22. The SMILES string of the molecule is CNC(C#N)CSc1ccccc1F. The van der Waals surface area contributed by atoms with Gasteiger partial charge in [0.1, 0.15) is 11.9 Å². The largest absolute Gasteiger partial charge is 0.304 e. The predicted octanol–water partition coefficient (Wildman–Crippen LogP) is 2.03. The second-order valence-electron chi connectivity index (χ2n) is 2.71. The minimum atomic E-state index is -0.236. The van der Waals surface area contributed by atoms with Gasteiger partial charge in [-0.25, -0.2) is 4.39 Å². The maximum Gasteiger partial charge on any atom is 0.136 e. The fourth-order valence-electron chi connectivity index (χ4n) is 0.920. The van der Waals surface area contributed by atoms with Crippen molar-refractivity contribution in [2.75, 3.05) is 12.8 Å². The van der Waals surface area contributed by atoms with Gasteiger partial charge in [0.05, 0.1) is 6.07 Å². The van der Waals surface area contributed by atoms with Gasteiger partial charge in [-0.2, -0.15) is 5.26 Å². The van der Waals surface area contributed by atoms with Gasteiger partial charge in [0, 0.05) is 10.6 Å². The number of rotatable bonds is 4. The summed E-state index contributed by atoms with van der Waals surface area (Å²) in [4.78, 5) is 0.586. The molecule has 74 valence electrons. The first kappa shape index (κ1) is 11.0. The molecular weight excluding hydrogens is 199 g/mol. The molecule has 0 bridgehead atoms. The van der Waals surface area contributed by atoms with Crippen molar-refractivity contribution in [2.45, 2.75) is 10.9 Å². The third kappa shape index (κ3) is 3.02. The van der Waals surface area contributed by atoms with Crippen LogP contribution >= 0.6 is 11.8 Å². The van der Waals surface area contributed by atoms with E-state index in [1.807, 2.05) is 0 Å². The van der Waals surface area contributed by atoms with Crippen molar-refractivity contribution in [3.05, 3.63) is 30.1 Å². The standard InChI is InChI=1S/C10H11FN2S/c1-13-8(6-12)7-14-10-5-3-2-4-9(10)11/h2-5,8,13H,7H2,1H3. The van der Waals surface area contributed by atoms with Crippen LogP contribution in [0, 0.1) is 17.1 Å². The summed E-state index contributed by atoms with van der Waals surface area (Å²) in [5, 5.41) is 11.5. The van der Waals surface area contributed by atoms with Crippen LogP contribution in [0.5, 0.6) is 0 Å². The molecule has 0 aliphatic rings. The first-order valence-electron chi connectivity index (χ1n) is 4.22. The molecule has 14 heavy (non-hydrogen) atoms. The van der Waals surface area contributed by atoms with Crippen LogP contribution in [0.25, 0.3) is 0 Å². The van der Waals surface area contributed by atoms with Crippen LogP contribution in [0.2, 0.25) is 0 Å². The lowest BCUT2D eigenvalue weighted by atomic mass is 10.3. The summed E-state index contributed by atoms with van der Waals surface area (Å²) in [6, 6.07) is 8.42. The molecule has 0 radical (unpaired) electrons. The second kappa shape index (κ2) is 5.63. The van der Waals surface area contributed by atoms with E-state index >= 15 is 0 Å². The highest BCUT2D eigenvalue weighted by Crippen LogP contribution is 2.21. The predicted molar refractivity (Wildman–Crippen MR) is 55.6 cm³/mol. The normalized spacial score (nSPS) is 12.1. The molecule has 0 amide bonds. The minimum Gasteiger partial charge on any atom is -0.304 e. The molecule has 1 N–H and O–H groups in total. The summed E-state index contributed by atoms with van der Waals surface area (Å²) in [5.74, 6) is 0.318. The third-order valence-electron chi connectivity index (χ3n) is 1.75. The molecular formula is C10H11FN2S. The van der Waals surface area contributed by atoms with E-state index in [9.17, 15) is 4.39 Å². The molecule has 4 heteroatoms. The van der Waals surface area contributed by atoms with Crippen molar-refractivity contribution in [1.29, 1.82) is 5.26 Å². The van der Waals surface area contributed by atoms with Crippen molar-refractivity contribution in [2.24, 2.45) is 0 Å². The molecule has 0 aliphatic heterocycles. The van der Waals surface area contributed by atoms with E-state index in [1.54, 1.807) is 25.2 Å². The smallest absolute Gasteiger partial charge is 0.136 e. The summed E-state index contributed by atoms with van der Waals surface area (Å²) < 4.78 is 13.1. The summed E-state index contributed by atoms with van der Waals surface area (Å²) >= 11 is 1.34. The summed E-state index contributed by atoms with van der Waals surface area (Å²) in [6.45, 7) is 0. The molecule has 0 fully saturated rings. The van der Waals surface area contributed by atoms with Crippen LogP contribution in [0.4, 0.5) is 4.39 Å². The number of thioether (sulfide) groups is 1. The molecule has 0 aliphatic carbocycles. The summed E-state index contributed by atoms with van der Waals surface area (Å²) in [5.41, 5.74) is 0. The average molecular weight is 210 g/mol. The van der Waals surface area contributed by atoms with Crippen molar-refractivity contribution in [1.82, 2.24) is 5.32 Å². The van der Waals surface area contributed by atoms with Crippen molar-refractivity contribution in [3.63, 3.8) is 0 Å². The minimum absolute atomic E-state index is 0.231. The molecule has 1 aromatic carbocycles. The van der Waals surface area contributed by atoms with Crippen molar-refractivity contribution >= 4 is 11.8 Å². The Kier molecular flexibility index (Phi) is 4.44. The van der Waals surface area contributed by atoms with Gasteiger partial charge < -0.3 is 5.32 Å². The Bertz CT molecular complexity index is 335. The van der Waals surface area contributed by atoms with E-state index in [1.165, 1.54) is 17.8 Å². The Morgan fingerprint density at radius 3 is 2.86 bits per heavy atom. The lowest BCUT2D eigenvalue weighted by Gasteiger charge is -2.07. The van der Waals surface area contributed by atoms with E-state index in [0.717, 1.165) is 0 Å². The molecule has 0 heterocycles. The first-order chi connectivity index (χ1) is 6.77. The van der Waals surface area contributed by atoms with Crippen LogP contribution in [-0.4, -0.2) is 18.8 Å². The van der Waals surface area contributed by atoms with Gasteiger partial charge >= 0.3 is 0 Å². The maximum absolute atomic E-state index is 13.1. The third-order valence-corrected chi connectivity index (χ3v) is 2.89. The van der Waals surface area contributed by atoms with Gasteiger partial charge in [0.2, 0.25) is 0 Å². The lowest BCUT2D eigenvalue weighted by molar-refractivity contribution is 0.601. The van der Waals surface area contributed by atoms with E-state index in [0.29, 0.717) is 10.6 Å². The zero-order chi connectivity index (χ0) is 10.4. The van der Waals surface area contributed by atoms with Gasteiger partial charge in [-0.3, -0.25) is 0 Å².